The van der Waals surface area contributed by atoms with Crippen LogP contribution >= 0.6 is 11.8 Å². The minimum absolute atomic E-state index is 0.0836. The fourth-order valence-electron chi connectivity index (χ4n) is 2.87. The number of nitrogens with one attached hydrogen (secondary N) is 1. The predicted molar refractivity (Wildman–Crippen MR) is 124 cm³/mol. The number of amidine groups is 1. The summed E-state index contributed by atoms with van der Waals surface area (Å²) in [5.74, 6) is -0.606. The van der Waals surface area contributed by atoms with E-state index in [-0.39, 0.29) is 16.6 Å². The normalized spacial score (nSPS) is 15.3. The van der Waals surface area contributed by atoms with E-state index in [0.29, 0.717) is 17.0 Å². The number of imide groups is 1. The second-order valence-corrected chi connectivity index (χ2v) is 8.13. The van der Waals surface area contributed by atoms with E-state index < -0.39 is 29.7 Å². The summed E-state index contributed by atoms with van der Waals surface area (Å²) in [6.07, 6.45) is 1.56. The molecule has 0 fully saturated rings. The van der Waals surface area contributed by atoms with E-state index in [4.69, 9.17) is 10.5 Å². The van der Waals surface area contributed by atoms with Gasteiger partial charge in [-0.2, -0.15) is 8.78 Å². The number of nitrogens with zero attached hydrogens (tertiary/aromatic N) is 2. The maximum Gasteiger partial charge on any atom is 0.387 e. The van der Waals surface area contributed by atoms with Crippen LogP contribution in [0.5, 0.6) is 11.5 Å². The Morgan fingerprint density at radius 3 is 2.29 bits per heavy atom. The summed E-state index contributed by atoms with van der Waals surface area (Å²) in [5, 5.41) is 1.30. The van der Waals surface area contributed by atoms with E-state index >= 15 is 0 Å². The van der Waals surface area contributed by atoms with E-state index in [2.05, 4.69) is 9.73 Å². The number of aliphatic imine (C=N–C) groups is 1. The Hall–Kier alpha value is -3.93. The van der Waals surface area contributed by atoms with E-state index in [1.165, 1.54) is 43.2 Å². The standard InChI is InChI=1S/C22H20F2N4O5S/c1-12(18(29)27-21(25)31)34-22-26-17(11-13-3-7-15(32-2)8-4-13)19(30)28(22)14-5-9-16(10-6-14)33-20(23)24/h3-12,20H,1-2H3,(H3,25,27,29,31)/b17-11-/t12-/m0/s1. The summed E-state index contributed by atoms with van der Waals surface area (Å²) in [6.45, 7) is -1.48. The molecule has 0 unspecified atom stereocenters. The summed E-state index contributed by atoms with van der Waals surface area (Å²) in [4.78, 5) is 42.0. The Bertz CT molecular complexity index is 1140. The number of amides is 4. The van der Waals surface area contributed by atoms with E-state index in [1.807, 2.05) is 5.32 Å². The Morgan fingerprint density at radius 2 is 1.74 bits per heavy atom. The Morgan fingerprint density at radius 1 is 1.12 bits per heavy atom. The Labute approximate surface area is 197 Å². The summed E-state index contributed by atoms with van der Waals surface area (Å²) in [7, 11) is 1.53. The molecule has 0 radical (unpaired) electrons. The van der Waals surface area contributed by atoms with Crippen molar-refractivity contribution in [1.29, 1.82) is 0 Å². The maximum absolute atomic E-state index is 13.2. The first-order chi connectivity index (χ1) is 16.2. The molecule has 0 saturated heterocycles. The lowest BCUT2D eigenvalue weighted by molar-refractivity contribution is -0.119. The van der Waals surface area contributed by atoms with Crippen LogP contribution in [0.1, 0.15) is 12.5 Å². The molecule has 1 atom stereocenters. The second-order valence-electron chi connectivity index (χ2n) is 6.82. The van der Waals surface area contributed by atoms with Crippen LogP contribution in [-0.4, -0.2) is 42.0 Å². The molecule has 0 saturated carbocycles. The van der Waals surface area contributed by atoms with Crippen molar-refractivity contribution >= 4 is 46.5 Å². The highest BCUT2D eigenvalue weighted by atomic mass is 32.2. The van der Waals surface area contributed by atoms with Crippen LogP contribution in [0.2, 0.25) is 0 Å². The molecule has 0 aromatic heterocycles. The van der Waals surface area contributed by atoms with Crippen LogP contribution < -0.4 is 25.4 Å². The highest BCUT2D eigenvalue weighted by Gasteiger charge is 2.34. The lowest BCUT2D eigenvalue weighted by Gasteiger charge is -2.20. The van der Waals surface area contributed by atoms with Crippen molar-refractivity contribution in [2.24, 2.45) is 10.7 Å². The third-order valence-electron chi connectivity index (χ3n) is 4.47. The van der Waals surface area contributed by atoms with Crippen molar-refractivity contribution in [3.63, 3.8) is 0 Å². The average molecular weight is 490 g/mol. The Balaban J connectivity index is 1.93. The van der Waals surface area contributed by atoms with Gasteiger partial charge in [-0.1, -0.05) is 23.9 Å². The molecule has 9 nitrogen and oxygen atoms in total. The third kappa shape index (κ3) is 6.10. The largest absolute Gasteiger partial charge is 0.497 e. The minimum atomic E-state index is -2.99. The van der Waals surface area contributed by atoms with Gasteiger partial charge in [-0.05, 0) is 55.0 Å². The molecular weight excluding hydrogens is 470 g/mol. The number of carbonyl (C=O) groups is 3. The van der Waals surface area contributed by atoms with Gasteiger partial charge in [-0.25, -0.2) is 9.79 Å². The number of ether oxygens (including phenoxy) is 2. The van der Waals surface area contributed by atoms with Gasteiger partial charge in [-0.15, -0.1) is 0 Å². The molecule has 1 aliphatic rings. The highest BCUT2D eigenvalue weighted by molar-refractivity contribution is 8.15. The summed E-state index contributed by atoms with van der Waals surface area (Å²) < 4.78 is 34.4. The van der Waals surface area contributed by atoms with Gasteiger partial charge in [0.25, 0.3) is 5.91 Å². The zero-order valence-electron chi connectivity index (χ0n) is 18.0. The quantitative estimate of drug-likeness (QED) is 0.574. The maximum atomic E-state index is 13.2. The SMILES string of the molecule is COc1ccc(/C=C2\N=C(S[C@@H](C)C(=O)NC(N)=O)N(c3ccc(OC(F)F)cc3)C2=O)cc1. The number of nitrogens with two attached hydrogens (primary N) is 1. The van der Waals surface area contributed by atoms with Gasteiger partial charge in [0.1, 0.15) is 17.2 Å². The van der Waals surface area contributed by atoms with Crippen LogP contribution in [0.25, 0.3) is 6.08 Å². The van der Waals surface area contributed by atoms with Crippen LogP contribution in [0.15, 0.2) is 59.2 Å². The number of urea groups is 1. The fourth-order valence-corrected chi connectivity index (χ4v) is 3.80. The molecular formula is C22H20F2N4O5S. The molecule has 4 amide bonds. The van der Waals surface area contributed by atoms with E-state index in [0.717, 1.165) is 11.8 Å². The van der Waals surface area contributed by atoms with Gasteiger partial charge in [-0.3, -0.25) is 19.8 Å². The van der Waals surface area contributed by atoms with Crippen molar-refractivity contribution in [2.45, 2.75) is 18.8 Å². The smallest absolute Gasteiger partial charge is 0.387 e. The van der Waals surface area contributed by atoms with Crippen molar-refractivity contribution < 1.29 is 32.6 Å². The molecule has 3 rings (SSSR count). The fraction of sp³-hybridized carbons (Fsp3) is 0.182. The van der Waals surface area contributed by atoms with Gasteiger partial charge >= 0.3 is 12.6 Å². The number of hydrogen-bond acceptors (Lipinski definition) is 7. The number of primary amides is 1. The third-order valence-corrected chi connectivity index (χ3v) is 5.52. The first-order valence-corrected chi connectivity index (χ1v) is 10.7. The van der Waals surface area contributed by atoms with E-state index in [1.54, 1.807) is 30.3 Å². The average Bonchev–Trinajstić information content (AvgIpc) is 3.08. The van der Waals surface area contributed by atoms with Crippen LogP contribution in [-0.2, 0) is 9.59 Å². The topological polar surface area (TPSA) is 123 Å². The lowest BCUT2D eigenvalue weighted by atomic mass is 10.2. The summed E-state index contributed by atoms with van der Waals surface area (Å²) >= 11 is 0.922. The number of halogens is 2. The van der Waals surface area contributed by atoms with Gasteiger partial charge in [0, 0.05) is 0 Å². The number of hydrogen-bond donors (Lipinski definition) is 2. The van der Waals surface area contributed by atoms with Crippen molar-refractivity contribution in [3.8, 4) is 11.5 Å². The van der Waals surface area contributed by atoms with Crippen molar-refractivity contribution in [1.82, 2.24) is 5.32 Å². The van der Waals surface area contributed by atoms with Gasteiger partial charge in [0.15, 0.2) is 5.17 Å². The van der Waals surface area contributed by atoms with Crippen molar-refractivity contribution in [2.75, 3.05) is 12.0 Å². The molecule has 2 aromatic rings. The lowest BCUT2D eigenvalue weighted by Crippen LogP contribution is -2.41. The first kappa shape index (κ1) is 24.7. The zero-order valence-corrected chi connectivity index (χ0v) is 18.8. The van der Waals surface area contributed by atoms with Gasteiger partial charge < -0.3 is 15.2 Å². The molecule has 1 heterocycles. The molecule has 0 spiro atoms. The molecule has 34 heavy (non-hydrogen) atoms. The molecule has 12 heteroatoms. The zero-order chi connectivity index (χ0) is 24.8. The van der Waals surface area contributed by atoms with Gasteiger partial charge in [0.2, 0.25) is 5.91 Å². The summed E-state index contributed by atoms with van der Waals surface area (Å²) in [6, 6.07) is 11.3. The minimum Gasteiger partial charge on any atom is -0.497 e. The van der Waals surface area contributed by atoms with Crippen LogP contribution in [0.4, 0.5) is 19.3 Å². The molecule has 3 N–H and O–H groups in total. The number of thioether (sulfide) groups is 1. The number of anilines is 1. The number of carbonyl (C=O) groups excluding carboxylic acids is 3. The van der Waals surface area contributed by atoms with Crippen LogP contribution in [0, 0.1) is 0 Å². The second kappa shape index (κ2) is 10.8. The molecule has 0 bridgehead atoms. The van der Waals surface area contributed by atoms with Crippen LogP contribution in [0.3, 0.4) is 0 Å². The molecule has 178 valence electrons. The first-order valence-electron chi connectivity index (χ1n) is 9.78. The number of methoxy groups -OCH3 is 1. The number of alkyl halides is 2. The predicted octanol–water partition coefficient (Wildman–Crippen LogP) is 3.36. The van der Waals surface area contributed by atoms with Gasteiger partial charge in [0.05, 0.1) is 18.0 Å². The highest BCUT2D eigenvalue weighted by Crippen LogP contribution is 2.32. The monoisotopic (exact) mass is 490 g/mol. The molecule has 1 aliphatic heterocycles. The summed E-state index contributed by atoms with van der Waals surface area (Å²) in [5.41, 5.74) is 6.08. The molecule has 2 aromatic carbocycles. The molecule has 0 aliphatic carbocycles. The van der Waals surface area contributed by atoms with Crippen molar-refractivity contribution in [3.05, 3.63) is 59.8 Å². The number of rotatable bonds is 7. The Kier molecular flexibility index (Phi) is 7.84. The van der Waals surface area contributed by atoms with E-state index in [9.17, 15) is 23.2 Å². The number of benzene rings is 2.